The molecule has 4 rings (SSSR count). The predicted molar refractivity (Wildman–Crippen MR) is 123 cm³/mol. The number of hydrogen-bond acceptors (Lipinski definition) is 5. The van der Waals surface area contributed by atoms with Crippen LogP contribution in [0, 0.1) is 5.82 Å². The summed E-state index contributed by atoms with van der Waals surface area (Å²) < 4.78 is 46.4. The van der Waals surface area contributed by atoms with E-state index in [0.717, 1.165) is 12.0 Å². The van der Waals surface area contributed by atoms with E-state index >= 15 is 0 Å². The molecule has 3 aromatic carbocycles. The fourth-order valence-corrected chi connectivity index (χ4v) is 4.39. The number of nitrogens with zero attached hydrogens (tertiary/aromatic N) is 1. The van der Waals surface area contributed by atoms with Gasteiger partial charge in [0.05, 0.1) is 4.90 Å². The lowest BCUT2D eigenvalue weighted by Crippen LogP contribution is -2.29. The smallest absolute Gasteiger partial charge is 0.262 e. The summed E-state index contributed by atoms with van der Waals surface area (Å²) >= 11 is 0. The van der Waals surface area contributed by atoms with Crippen LogP contribution in [0.5, 0.6) is 5.75 Å². The molecule has 2 N–H and O–H groups in total. The fraction of sp³-hybridized carbons (Fsp3) is 0.167. The van der Waals surface area contributed by atoms with Gasteiger partial charge in [-0.05, 0) is 60.5 Å². The Bertz CT molecular complexity index is 1290. The van der Waals surface area contributed by atoms with Crippen molar-refractivity contribution in [3.63, 3.8) is 0 Å². The molecule has 1 aliphatic heterocycles. The van der Waals surface area contributed by atoms with Crippen LogP contribution in [0.25, 0.3) is 0 Å². The van der Waals surface area contributed by atoms with Crippen molar-refractivity contribution in [2.75, 3.05) is 11.9 Å². The number of sulfonamides is 1. The van der Waals surface area contributed by atoms with Crippen molar-refractivity contribution in [3.05, 3.63) is 89.7 Å². The summed E-state index contributed by atoms with van der Waals surface area (Å²) in [5, 5.41) is 2.71. The highest BCUT2D eigenvalue weighted by molar-refractivity contribution is 7.90. The van der Waals surface area contributed by atoms with Crippen molar-refractivity contribution in [1.82, 2.24) is 4.72 Å². The number of amides is 1. The molecule has 0 unspecified atom stereocenters. The predicted octanol–water partition coefficient (Wildman–Crippen LogP) is 4.13. The highest BCUT2D eigenvalue weighted by Gasteiger charge is 2.19. The summed E-state index contributed by atoms with van der Waals surface area (Å²) in [6.45, 7) is 0.837. The SMILES string of the molecule is O=C(Nc1cccc(S(=O)(=O)NC2=NCCC2)c1)c1cccc(OCc2ccc(F)cc2)c1. The van der Waals surface area contributed by atoms with Gasteiger partial charge in [0.2, 0.25) is 0 Å². The van der Waals surface area contributed by atoms with Crippen molar-refractivity contribution in [2.24, 2.45) is 4.99 Å². The van der Waals surface area contributed by atoms with E-state index in [1.165, 1.54) is 24.3 Å². The summed E-state index contributed by atoms with van der Waals surface area (Å²) in [6.07, 6.45) is 1.41. The molecule has 0 fully saturated rings. The average Bonchev–Trinajstić information content (AvgIpc) is 3.31. The fourth-order valence-electron chi connectivity index (χ4n) is 3.26. The van der Waals surface area contributed by atoms with Crippen molar-refractivity contribution in [1.29, 1.82) is 0 Å². The minimum Gasteiger partial charge on any atom is -0.489 e. The normalized spacial score (nSPS) is 13.3. The molecule has 1 aliphatic rings. The van der Waals surface area contributed by atoms with Crippen LogP contribution in [0.4, 0.5) is 10.1 Å². The van der Waals surface area contributed by atoms with Crippen molar-refractivity contribution in [3.8, 4) is 5.75 Å². The summed E-state index contributed by atoms with van der Waals surface area (Å²) in [5.41, 5.74) is 1.48. The van der Waals surface area contributed by atoms with Gasteiger partial charge in [-0.1, -0.05) is 24.3 Å². The maximum atomic E-state index is 13.0. The van der Waals surface area contributed by atoms with Gasteiger partial charge in [-0.25, -0.2) is 12.8 Å². The van der Waals surface area contributed by atoms with Crippen molar-refractivity contribution in [2.45, 2.75) is 24.3 Å². The lowest BCUT2D eigenvalue weighted by atomic mass is 10.2. The minimum atomic E-state index is -3.79. The van der Waals surface area contributed by atoms with Crippen molar-refractivity contribution >= 4 is 27.5 Å². The van der Waals surface area contributed by atoms with E-state index in [1.54, 1.807) is 48.5 Å². The van der Waals surface area contributed by atoms with Crippen LogP contribution >= 0.6 is 0 Å². The van der Waals surface area contributed by atoms with E-state index in [1.807, 2.05) is 0 Å². The Balaban J connectivity index is 1.42. The topological polar surface area (TPSA) is 96.9 Å². The van der Waals surface area contributed by atoms with Gasteiger partial charge in [-0.2, -0.15) is 0 Å². The van der Waals surface area contributed by atoms with Gasteiger partial charge in [0.25, 0.3) is 15.9 Å². The number of aliphatic imine (C=N–C) groups is 1. The summed E-state index contributed by atoms with van der Waals surface area (Å²) in [7, 11) is -3.79. The average molecular weight is 468 g/mol. The van der Waals surface area contributed by atoms with Crippen LogP contribution in [-0.4, -0.2) is 26.7 Å². The summed E-state index contributed by atoms with van der Waals surface area (Å²) in [4.78, 5) is 16.9. The molecule has 0 bridgehead atoms. The molecule has 0 saturated carbocycles. The second-order valence-corrected chi connectivity index (χ2v) is 9.14. The van der Waals surface area contributed by atoms with Gasteiger partial charge in [0, 0.05) is 24.2 Å². The Morgan fingerprint density at radius 1 is 1.03 bits per heavy atom. The number of carbonyl (C=O) groups is 1. The quantitative estimate of drug-likeness (QED) is 0.546. The molecule has 9 heteroatoms. The molecule has 1 amide bonds. The Labute approximate surface area is 191 Å². The molecular weight excluding hydrogens is 445 g/mol. The number of halogens is 1. The van der Waals surface area contributed by atoms with E-state index in [4.69, 9.17) is 4.74 Å². The van der Waals surface area contributed by atoms with Crippen LogP contribution in [0.15, 0.2) is 82.7 Å². The van der Waals surface area contributed by atoms with Crippen LogP contribution in [-0.2, 0) is 16.6 Å². The molecule has 0 spiro atoms. The zero-order valence-electron chi connectivity index (χ0n) is 17.6. The Kier molecular flexibility index (Phi) is 6.69. The van der Waals surface area contributed by atoms with Crippen molar-refractivity contribution < 1.29 is 22.3 Å². The first-order valence-corrected chi connectivity index (χ1v) is 11.8. The lowest BCUT2D eigenvalue weighted by Gasteiger charge is -2.11. The first-order valence-electron chi connectivity index (χ1n) is 10.3. The zero-order valence-corrected chi connectivity index (χ0v) is 18.4. The van der Waals surface area contributed by atoms with Gasteiger partial charge in [0.15, 0.2) is 0 Å². The van der Waals surface area contributed by atoms with E-state index in [-0.39, 0.29) is 17.3 Å². The van der Waals surface area contributed by atoms with Crippen LogP contribution in [0.3, 0.4) is 0 Å². The van der Waals surface area contributed by atoms with Gasteiger partial charge in [0.1, 0.15) is 24.0 Å². The number of benzene rings is 3. The van der Waals surface area contributed by atoms with Gasteiger partial charge in [-0.3, -0.25) is 14.5 Å². The van der Waals surface area contributed by atoms with E-state index in [2.05, 4.69) is 15.0 Å². The second-order valence-electron chi connectivity index (χ2n) is 7.46. The number of amidine groups is 1. The number of rotatable bonds is 7. The minimum absolute atomic E-state index is 0.0336. The monoisotopic (exact) mass is 467 g/mol. The Morgan fingerprint density at radius 3 is 2.58 bits per heavy atom. The number of ether oxygens (including phenoxy) is 1. The number of hydrogen-bond donors (Lipinski definition) is 2. The van der Waals surface area contributed by atoms with Crippen LogP contribution < -0.4 is 14.8 Å². The highest BCUT2D eigenvalue weighted by atomic mass is 32.2. The third kappa shape index (κ3) is 5.95. The summed E-state index contributed by atoms with van der Waals surface area (Å²) in [5.74, 6) is 0.189. The third-order valence-electron chi connectivity index (χ3n) is 4.94. The molecule has 170 valence electrons. The summed E-state index contributed by atoms with van der Waals surface area (Å²) in [6, 6.07) is 18.6. The molecule has 0 saturated heterocycles. The Hall–Kier alpha value is -3.72. The Morgan fingerprint density at radius 2 is 1.82 bits per heavy atom. The number of nitrogens with one attached hydrogen (secondary N) is 2. The van der Waals surface area contributed by atoms with E-state index in [9.17, 15) is 17.6 Å². The molecule has 7 nitrogen and oxygen atoms in total. The molecule has 3 aromatic rings. The first kappa shape index (κ1) is 22.5. The standard InChI is InChI=1S/C24H22FN3O4S/c25-19-11-9-17(10-12-19)16-32-21-6-1-4-18(14-21)24(29)27-20-5-2-7-22(15-20)33(30,31)28-23-8-3-13-26-23/h1-2,4-7,9-12,14-15H,3,8,13,16H2,(H,26,28)(H,27,29). The number of carbonyl (C=O) groups excluding carboxylic acids is 1. The van der Waals surface area contributed by atoms with Crippen LogP contribution in [0.2, 0.25) is 0 Å². The first-order chi connectivity index (χ1) is 15.9. The maximum absolute atomic E-state index is 13.0. The zero-order chi connectivity index (χ0) is 23.3. The molecule has 33 heavy (non-hydrogen) atoms. The lowest BCUT2D eigenvalue weighted by molar-refractivity contribution is 0.102. The molecule has 0 atom stereocenters. The molecule has 0 aliphatic carbocycles. The van der Waals surface area contributed by atoms with E-state index in [0.29, 0.717) is 35.8 Å². The third-order valence-corrected chi connectivity index (χ3v) is 6.32. The van der Waals surface area contributed by atoms with E-state index < -0.39 is 15.9 Å². The van der Waals surface area contributed by atoms with Gasteiger partial charge >= 0.3 is 0 Å². The maximum Gasteiger partial charge on any atom is 0.262 e. The molecule has 0 aromatic heterocycles. The molecule has 0 radical (unpaired) electrons. The number of anilines is 1. The highest BCUT2D eigenvalue weighted by Crippen LogP contribution is 2.20. The van der Waals surface area contributed by atoms with Crippen LogP contribution in [0.1, 0.15) is 28.8 Å². The largest absolute Gasteiger partial charge is 0.489 e. The van der Waals surface area contributed by atoms with Gasteiger partial charge in [-0.15, -0.1) is 0 Å². The van der Waals surface area contributed by atoms with Gasteiger partial charge < -0.3 is 10.1 Å². The second kappa shape index (κ2) is 9.83. The molecule has 1 heterocycles. The molecular formula is C24H22FN3O4S.